The van der Waals surface area contributed by atoms with E-state index < -0.39 is 0 Å². The SMILES string of the molecule is c1ccc2c(c1)oc1ccc3c4cc5c(cc4oc3c12)c1ncccc1c1nccn51. The maximum Gasteiger partial charge on any atom is 0.147 e. The van der Waals surface area contributed by atoms with Crippen molar-refractivity contribution in [3.63, 3.8) is 0 Å². The summed E-state index contributed by atoms with van der Waals surface area (Å²) in [5.41, 5.74) is 6.29. The van der Waals surface area contributed by atoms with E-state index in [1.807, 2.05) is 48.9 Å². The number of rotatable bonds is 0. The fraction of sp³-hybridized carbons (Fsp3) is 0. The molecule has 5 heterocycles. The van der Waals surface area contributed by atoms with Gasteiger partial charge in [-0.05, 0) is 42.5 Å². The molecule has 31 heavy (non-hydrogen) atoms. The smallest absolute Gasteiger partial charge is 0.147 e. The van der Waals surface area contributed by atoms with Crippen LogP contribution in [-0.2, 0) is 0 Å². The molecule has 144 valence electrons. The molecule has 0 spiro atoms. The zero-order chi connectivity index (χ0) is 20.1. The molecule has 0 radical (unpaired) electrons. The number of hydrogen-bond acceptors (Lipinski definition) is 4. The molecule has 5 heteroatoms. The van der Waals surface area contributed by atoms with Gasteiger partial charge in [0.05, 0.1) is 16.4 Å². The average Bonchev–Trinajstić information content (AvgIpc) is 3.52. The largest absolute Gasteiger partial charge is 0.456 e. The molecular formula is C26H13N3O2. The number of aromatic nitrogens is 3. The van der Waals surface area contributed by atoms with Crippen LogP contribution >= 0.6 is 0 Å². The van der Waals surface area contributed by atoms with Crippen LogP contribution in [0.4, 0.5) is 0 Å². The lowest BCUT2D eigenvalue weighted by Gasteiger charge is -2.07. The lowest BCUT2D eigenvalue weighted by Crippen LogP contribution is -1.91. The Kier molecular flexibility index (Phi) is 2.60. The van der Waals surface area contributed by atoms with E-state index in [0.717, 1.165) is 71.3 Å². The summed E-state index contributed by atoms with van der Waals surface area (Å²) in [7, 11) is 0. The van der Waals surface area contributed by atoms with E-state index in [4.69, 9.17) is 8.83 Å². The van der Waals surface area contributed by atoms with Crippen molar-refractivity contribution in [2.45, 2.75) is 0 Å². The molecule has 3 aromatic carbocycles. The first-order valence-corrected chi connectivity index (χ1v) is 10.2. The fourth-order valence-corrected chi connectivity index (χ4v) is 4.96. The first kappa shape index (κ1) is 15.5. The third-order valence-electron chi connectivity index (χ3n) is 6.30. The second kappa shape index (κ2) is 5.21. The number of furan rings is 2. The van der Waals surface area contributed by atoms with E-state index in [9.17, 15) is 0 Å². The first-order chi connectivity index (χ1) is 15.4. The minimum atomic E-state index is 0.835. The molecule has 5 nitrogen and oxygen atoms in total. The minimum Gasteiger partial charge on any atom is -0.456 e. The number of para-hydroxylation sites is 1. The number of pyridine rings is 2. The molecule has 0 aliphatic carbocycles. The fourth-order valence-electron chi connectivity index (χ4n) is 4.96. The molecule has 0 saturated carbocycles. The number of fused-ring (bicyclic) bond motifs is 13. The molecule has 0 saturated heterocycles. The summed E-state index contributed by atoms with van der Waals surface area (Å²) in [5, 5.41) is 6.30. The van der Waals surface area contributed by atoms with Crippen LogP contribution in [0.3, 0.4) is 0 Å². The van der Waals surface area contributed by atoms with Crippen LogP contribution in [0.5, 0.6) is 0 Å². The summed E-state index contributed by atoms with van der Waals surface area (Å²) >= 11 is 0. The van der Waals surface area contributed by atoms with Crippen molar-refractivity contribution in [2.75, 3.05) is 0 Å². The Morgan fingerprint density at radius 3 is 2.58 bits per heavy atom. The molecule has 0 amide bonds. The van der Waals surface area contributed by atoms with Gasteiger partial charge in [0.15, 0.2) is 0 Å². The van der Waals surface area contributed by atoms with Crippen LogP contribution in [-0.4, -0.2) is 14.4 Å². The van der Waals surface area contributed by atoms with Crippen LogP contribution in [0.15, 0.2) is 88.1 Å². The molecule has 8 rings (SSSR count). The summed E-state index contributed by atoms with van der Waals surface area (Å²) in [5.74, 6) is 0. The van der Waals surface area contributed by atoms with Gasteiger partial charge in [-0.25, -0.2) is 4.98 Å². The molecule has 0 fully saturated rings. The van der Waals surface area contributed by atoms with Crippen molar-refractivity contribution in [1.82, 2.24) is 14.4 Å². The van der Waals surface area contributed by atoms with Crippen molar-refractivity contribution >= 4 is 71.3 Å². The zero-order valence-electron chi connectivity index (χ0n) is 16.2. The van der Waals surface area contributed by atoms with Crippen LogP contribution < -0.4 is 0 Å². The van der Waals surface area contributed by atoms with Gasteiger partial charge in [-0.1, -0.05) is 18.2 Å². The number of benzene rings is 3. The molecule has 0 unspecified atom stereocenters. The molecule has 0 N–H and O–H groups in total. The lowest BCUT2D eigenvalue weighted by atomic mass is 10.1. The second-order valence-electron chi connectivity index (χ2n) is 7.90. The summed E-state index contributed by atoms with van der Waals surface area (Å²) in [6.07, 6.45) is 5.66. The molecule has 0 aliphatic rings. The van der Waals surface area contributed by atoms with Gasteiger partial charge in [-0.3, -0.25) is 9.38 Å². The Balaban J connectivity index is 1.63. The summed E-state index contributed by atoms with van der Waals surface area (Å²) < 4.78 is 14.7. The van der Waals surface area contributed by atoms with Crippen molar-refractivity contribution in [3.8, 4) is 0 Å². The minimum absolute atomic E-state index is 0.835. The Labute approximate surface area is 174 Å². The van der Waals surface area contributed by atoms with E-state index in [1.54, 1.807) is 0 Å². The first-order valence-electron chi connectivity index (χ1n) is 10.2. The maximum atomic E-state index is 6.47. The molecule has 0 atom stereocenters. The quantitative estimate of drug-likeness (QED) is 0.262. The standard InChI is InChI=1S/C26H13N3O2/c1-2-6-20-15(4-1)23-21(30-20)8-7-14-17-12-19-18(13-22(17)31-25(14)23)24-16(5-3-9-27-24)26-28-10-11-29(19)26/h1-13H. The third kappa shape index (κ3) is 1.82. The van der Waals surface area contributed by atoms with Gasteiger partial charge >= 0.3 is 0 Å². The molecule has 0 aliphatic heterocycles. The van der Waals surface area contributed by atoms with Crippen molar-refractivity contribution in [3.05, 3.63) is 79.3 Å². The van der Waals surface area contributed by atoms with E-state index in [1.165, 1.54) is 0 Å². The van der Waals surface area contributed by atoms with Gasteiger partial charge in [0.25, 0.3) is 0 Å². The molecule has 0 bridgehead atoms. The number of nitrogens with zero attached hydrogens (tertiary/aromatic N) is 3. The van der Waals surface area contributed by atoms with Gasteiger partial charge in [0, 0.05) is 45.5 Å². The Hall–Kier alpha value is -4.38. The number of hydrogen-bond donors (Lipinski definition) is 0. The van der Waals surface area contributed by atoms with Gasteiger partial charge in [-0.2, -0.15) is 0 Å². The predicted molar refractivity (Wildman–Crippen MR) is 123 cm³/mol. The third-order valence-corrected chi connectivity index (χ3v) is 6.30. The molecule has 5 aromatic heterocycles. The highest BCUT2D eigenvalue weighted by atomic mass is 16.3. The van der Waals surface area contributed by atoms with Crippen LogP contribution in [0.25, 0.3) is 71.3 Å². The average molecular weight is 399 g/mol. The van der Waals surface area contributed by atoms with Crippen molar-refractivity contribution in [1.29, 1.82) is 0 Å². The van der Waals surface area contributed by atoms with Gasteiger partial charge in [0.1, 0.15) is 28.0 Å². The highest BCUT2D eigenvalue weighted by molar-refractivity contribution is 6.24. The maximum absolute atomic E-state index is 6.47. The predicted octanol–water partition coefficient (Wildman–Crippen LogP) is 6.83. The highest BCUT2D eigenvalue weighted by Gasteiger charge is 2.18. The van der Waals surface area contributed by atoms with E-state index in [2.05, 4.69) is 44.7 Å². The van der Waals surface area contributed by atoms with E-state index in [-0.39, 0.29) is 0 Å². The van der Waals surface area contributed by atoms with Gasteiger partial charge in [-0.15, -0.1) is 0 Å². The summed E-state index contributed by atoms with van der Waals surface area (Å²) in [6.45, 7) is 0. The van der Waals surface area contributed by atoms with E-state index >= 15 is 0 Å². The topological polar surface area (TPSA) is 56.5 Å². The lowest BCUT2D eigenvalue weighted by molar-refractivity contribution is 0.663. The van der Waals surface area contributed by atoms with Gasteiger partial charge in [0.2, 0.25) is 0 Å². The Morgan fingerprint density at radius 2 is 1.58 bits per heavy atom. The zero-order valence-corrected chi connectivity index (χ0v) is 16.2. The summed E-state index contributed by atoms with van der Waals surface area (Å²) in [4.78, 5) is 9.25. The van der Waals surface area contributed by atoms with Crippen molar-refractivity contribution < 1.29 is 8.83 Å². The second-order valence-corrected chi connectivity index (χ2v) is 7.90. The van der Waals surface area contributed by atoms with Crippen LogP contribution in [0, 0.1) is 0 Å². The van der Waals surface area contributed by atoms with Crippen molar-refractivity contribution in [2.24, 2.45) is 0 Å². The van der Waals surface area contributed by atoms with E-state index in [0.29, 0.717) is 0 Å². The molecular weight excluding hydrogens is 386 g/mol. The monoisotopic (exact) mass is 399 g/mol. The van der Waals surface area contributed by atoms with Crippen LogP contribution in [0.1, 0.15) is 0 Å². The molecule has 8 aromatic rings. The van der Waals surface area contributed by atoms with Crippen LogP contribution in [0.2, 0.25) is 0 Å². The summed E-state index contributed by atoms with van der Waals surface area (Å²) in [6, 6.07) is 20.5. The normalized spacial score (nSPS) is 12.5. The Morgan fingerprint density at radius 1 is 0.645 bits per heavy atom. The highest BCUT2D eigenvalue weighted by Crippen LogP contribution is 2.41. The number of imidazole rings is 1. The Bertz CT molecular complexity index is 2010. The van der Waals surface area contributed by atoms with Gasteiger partial charge < -0.3 is 8.83 Å².